The summed E-state index contributed by atoms with van der Waals surface area (Å²) in [6.45, 7) is 1.68. The largest absolute Gasteiger partial charge is 0.290 e. The number of sulfonamides is 1. The Kier molecular flexibility index (Phi) is 5.23. The SMILES string of the molecule is Cc1c(Cl)c(=O)n(-c2ccc(S(=O)(=O)NCc3cccc(F)c3)cc2)n1C. The van der Waals surface area contributed by atoms with Gasteiger partial charge in [0.25, 0.3) is 5.56 Å². The maximum Gasteiger partial charge on any atom is 0.290 e. The Morgan fingerprint density at radius 2 is 1.81 bits per heavy atom. The van der Waals surface area contributed by atoms with Gasteiger partial charge in [0.15, 0.2) is 0 Å². The highest BCUT2D eigenvalue weighted by Gasteiger charge is 2.17. The number of nitrogens with zero attached hydrogens (tertiary/aromatic N) is 2. The fraction of sp³-hybridized carbons (Fsp3) is 0.167. The van der Waals surface area contributed by atoms with Gasteiger partial charge >= 0.3 is 0 Å². The molecule has 142 valence electrons. The third-order valence-electron chi connectivity index (χ3n) is 4.23. The van der Waals surface area contributed by atoms with Crippen molar-refractivity contribution in [2.24, 2.45) is 7.05 Å². The lowest BCUT2D eigenvalue weighted by Gasteiger charge is -2.10. The molecule has 0 fully saturated rings. The lowest BCUT2D eigenvalue weighted by Crippen LogP contribution is -2.23. The van der Waals surface area contributed by atoms with Crippen molar-refractivity contribution in [2.45, 2.75) is 18.4 Å². The second kappa shape index (κ2) is 7.30. The van der Waals surface area contributed by atoms with E-state index in [4.69, 9.17) is 11.6 Å². The standard InChI is InChI=1S/C18H17ClFN3O3S/c1-12-17(19)18(24)23(22(12)2)15-6-8-16(9-7-15)27(25,26)21-11-13-4-3-5-14(20)10-13/h3-10,21H,11H2,1-2H3. The van der Waals surface area contributed by atoms with Crippen LogP contribution >= 0.6 is 11.6 Å². The van der Waals surface area contributed by atoms with Crippen LogP contribution in [0.15, 0.2) is 58.2 Å². The van der Waals surface area contributed by atoms with Gasteiger partial charge in [-0.25, -0.2) is 22.2 Å². The molecule has 27 heavy (non-hydrogen) atoms. The van der Waals surface area contributed by atoms with Gasteiger partial charge in [0.05, 0.1) is 16.3 Å². The fourth-order valence-corrected chi connectivity index (χ4v) is 3.86. The number of hydrogen-bond acceptors (Lipinski definition) is 3. The molecule has 0 radical (unpaired) electrons. The summed E-state index contributed by atoms with van der Waals surface area (Å²) in [7, 11) is -2.10. The van der Waals surface area contributed by atoms with Crippen LogP contribution in [0.3, 0.4) is 0 Å². The molecule has 0 atom stereocenters. The Balaban J connectivity index is 1.84. The van der Waals surface area contributed by atoms with Gasteiger partial charge in [-0.2, -0.15) is 0 Å². The van der Waals surface area contributed by atoms with E-state index in [0.29, 0.717) is 16.9 Å². The van der Waals surface area contributed by atoms with E-state index in [2.05, 4.69) is 4.72 Å². The third kappa shape index (κ3) is 3.83. The molecule has 0 amide bonds. The van der Waals surface area contributed by atoms with Crippen LogP contribution in [0.5, 0.6) is 0 Å². The molecule has 0 spiro atoms. The van der Waals surface area contributed by atoms with Gasteiger partial charge in [-0.05, 0) is 48.9 Å². The third-order valence-corrected chi connectivity index (χ3v) is 6.08. The van der Waals surface area contributed by atoms with Crippen LogP contribution in [-0.4, -0.2) is 17.8 Å². The molecule has 6 nitrogen and oxygen atoms in total. The fourth-order valence-electron chi connectivity index (χ4n) is 2.64. The first kappa shape index (κ1) is 19.3. The molecule has 0 saturated heterocycles. The monoisotopic (exact) mass is 409 g/mol. The molecule has 0 bridgehead atoms. The van der Waals surface area contributed by atoms with E-state index in [0.717, 1.165) is 0 Å². The van der Waals surface area contributed by atoms with Crippen molar-refractivity contribution in [3.05, 3.63) is 81.0 Å². The summed E-state index contributed by atoms with van der Waals surface area (Å²) in [5.41, 5.74) is 1.23. The summed E-state index contributed by atoms with van der Waals surface area (Å²) in [5, 5.41) is 0.117. The quantitative estimate of drug-likeness (QED) is 0.704. The zero-order valence-corrected chi connectivity index (χ0v) is 16.2. The number of nitrogens with one attached hydrogen (secondary N) is 1. The van der Waals surface area contributed by atoms with Crippen molar-refractivity contribution >= 4 is 21.6 Å². The molecule has 1 N–H and O–H groups in total. The Bertz CT molecular complexity index is 1150. The molecule has 1 aromatic heterocycles. The second-order valence-corrected chi connectivity index (χ2v) is 8.13. The zero-order chi connectivity index (χ0) is 19.8. The number of hydrogen-bond donors (Lipinski definition) is 1. The lowest BCUT2D eigenvalue weighted by atomic mass is 10.2. The summed E-state index contributed by atoms with van der Waals surface area (Å²) < 4.78 is 43.4. The molecule has 0 aliphatic heterocycles. The van der Waals surface area contributed by atoms with Crippen LogP contribution in [0.25, 0.3) is 5.69 Å². The number of rotatable bonds is 5. The minimum absolute atomic E-state index is 0.0338. The van der Waals surface area contributed by atoms with Crippen molar-refractivity contribution in [1.82, 2.24) is 14.1 Å². The van der Waals surface area contributed by atoms with E-state index in [1.165, 1.54) is 47.1 Å². The second-order valence-electron chi connectivity index (χ2n) is 5.99. The van der Waals surface area contributed by atoms with Crippen molar-refractivity contribution < 1.29 is 12.8 Å². The van der Waals surface area contributed by atoms with Gasteiger partial charge in [0, 0.05) is 13.6 Å². The van der Waals surface area contributed by atoms with Gasteiger partial charge in [0.2, 0.25) is 10.0 Å². The number of aromatic nitrogens is 2. The minimum Gasteiger partial charge on any atom is -0.284 e. The van der Waals surface area contributed by atoms with Crippen LogP contribution in [-0.2, 0) is 23.6 Å². The molecule has 0 saturated carbocycles. The van der Waals surface area contributed by atoms with E-state index in [1.54, 1.807) is 24.7 Å². The lowest BCUT2D eigenvalue weighted by molar-refractivity contribution is 0.580. The minimum atomic E-state index is -3.79. The van der Waals surface area contributed by atoms with Gasteiger partial charge < -0.3 is 0 Å². The highest BCUT2D eigenvalue weighted by molar-refractivity contribution is 7.89. The van der Waals surface area contributed by atoms with Crippen LogP contribution in [0.1, 0.15) is 11.3 Å². The Morgan fingerprint density at radius 1 is 1.15 bits per heavy atom. The highest BCUT2D eigenvalue weighted by Crippen LogP contribution is 2.17. The predicted molar refractivity (Wildman–Crippen MR) is 101 cm³/mol. The summed E-state index contributed by atoms with van der Waals surface area (Å²) in [6.07, 6.45) is 0. The predicted octanol–water partition coefficient (Wildman–Crippen LogP) is 2.76. The molecule has 9 heteroatoms. The van der Waals surface area contributed by atoms with Gasteiger partial charge in [-0.3, -0.25) is 9.48 Å². The highest BCUT2D eigenvalue weighted by atomic mass is 35.5. The van der Waals surface area contributed by atoms with Gasteiger partial charge in [-0.1, -0.05) is 23.7 Å². The van der Waals surface area contributed by atoms with Crippen LogP contribution in [0, 0.1) is 12.7 Å². The first-order valence-electron chi connectivity index (χ1n) is 7.99. The van der Waals surface area contributed by atoms with Crippen molar-refractivity contribution in [1.29, 1.82) is 0 Å². The average Bonchev–Trinajstić information content (AvgIpc) is 2.83. The van der Waals surface area contributed by atoms with E-state index < -0.39 is 15.8 Å². The molecule has 1 heterocycles. The maximum absolute atomic E-state index is 13.2. The molecule has 0 aliphatic rings. The topological polar surface area (TPSA) is 73.1 Å². The normalized spacial score (nSPS) is 11.7. The molecule has 3 aromatic rings. The molecular formula is C18H17ClFN3O3S. The first-order chi connectivity index (χ1) is 12.7. The Labute approximate surface area is 160 Å². The smallest absolute Gasteiger partial charge is 0.284 e. The van der Waals surface area contributed by atoms with Crippen molar-refractivity contribution in [2.75, 3.05) is 0 Å². The van der Waals surface area contributed by atoms with E-state index >= 15 is 0 Å². The first-order valence-corrected chi connectivity index (χ1v) is 9.85. The zero-order valence-electron chi connectivity index (χ0n) is 14.6. The summed E-state index contributed by atoms with van der Waals surface area (Å²) >= 11 is 5.98. The van der Waals surface area contributed by atoms with Crippen molar-refractivity contribution in [3.8, 4) is 5.69 Å². The van der Waals surface area contributed by atoms with E-state index in [1.807, 2.05) is 0 Å². The van der Waals surface area contributed by atoms with E-state index in [9.17, 15) is 17.6 Å². The maximum atomic E-state index is 13.2. The van der Waals surface area contributed by atoms with Gasteiger partial charge in [0.1, 0.15) is 10.8 Å². The molecule has 3 rings (SSSR count). The molecule has 0 aliphatic carbocycles. The van der Waals surface area contributed by atoms with Crippen LogP contribution in [0.4, 0.5) is 4.39 Å². The molecule has 0 unspecified atom stereocenters. The van der Waals surface area contributed by atoms with E-state index in [-0.39, 0.29) is 22.0 Å². The molecule has 2 aromatic carbocycles. The van der Waals surface area contributed by atoms with Crippen LogP contribution in [0.2, 0.25) is 5.02 Å². The van der Waals surface area contributed by atoms with Gasteiger partial charge in [-0.15, -0.1) is 0 Å². The molecular weight excluding hydrogens is 393 g/mol. The Morgan fingerprint density at radius 3 is 2.37 bits per heavy atom. The van der Waals surface area contributed by atoms with Crippen LogP contribution < -0.4 is 10.3 Å². The number of benzene rings is 2. The summed E-state index contributed by atoms with van der Waals surface area (Å²) in [4.78, 5) is 12.3. The average molecular weight is 410 g/mol. The van der Waals surface area contributed by atoms with Crippen molar-refractivity contribution in [3.63, 3.8) is 0 Å². The summed E-state index contributed by atoms with van der Waals surface area (Å²) in [5.74, 6) is -0.432. The Hall–Kier alpha value is -2.42. The number of halogens is 2. The summed E-state index contributed by atoms with van der Waals surface area (Å²) in [6, 6.07) is 11.5.